The Morgan fingerprint density at radius 3 is 1.72 bits per heavy atom. The Labute approximate surface area is 402 Å². The number of aromatic nitrogens is 3. The molecule has 0 N–H and O–H groups in total. The van der Waals surface area contributed by atoms with E-state index in [-0.39, 0.29) is 0 Å². The SMILES string of the molecule is c1ccc(-c2cccc(-c3nc(-c4ccc5c(c4)sc4ccccc45)nc(-c4cccc5oc6ccc(-c7cccc8c7-c7ccccc7C8(c7ccccc7)c7ccccc7)cc6c45)n3)c2)cc1. The molecule has 0 aliphatic heterocycles. The van der Waals surface area contributed by atoms with Crippen LogP contribution in [-0.4, -0.2) is 15.0 Å². The van der Waals surface area contributed by atoms with Gasteiger partial charge in [-0.2, -0.15) is 0 Å². The molecule has 0 unspecified atom stereocenters. The first kappa shape index (κ1) is 39.4. The number of hydrogen-bond acceptors (Lipinski definition) is 5. The van der Waals surface area contributed by atoms with Crippen molar-refractivity contribution in [1.29, 1.82) is 0 Å². The van der Waals surface area contributed by atoms with Crippen LogP contribution in [0.25, 0.3) is 110 Å². The van der Waals surface area contributed by atoms with Crippen molar-refractivity contribution >= 4 is 53.4 Å². The molecule has 0 spiro atoms. The van der Waals surface area contributed by atoms with Crippen LogP contribution in [0.4, 0.5) is 0 Å². The van der Waals surface area contributed by atoms with Crippen molar-refractivity contribution in [3.8, 4) is 67.5 Å². The zero-order chi connectivity index (χ0) is 45.5. The molecule has 4 nitrogen and oxygen atoms in total. The highest BCUT2D eigenvalue weighted by molar-refractivity contribution is 7.25. The molecule has 3 heterocycles. The normalized spacial score (nSPS) is 12.8. The van der Waals surface area contributed by atoms with Gasteiger partial charge >= 0.3 is 0 Å². The Hall–Kier alpha value is -8.77. The Morgan fingerprint density at radius 1 is 0.333 bits per heavy atom. The van der Waals surface area contributed by atoms with Gasteiger partial charge in [-0.3, -0.25) is 0 Å². The Bertz CT molecular complexity index is 4100. The van der Waals surface area contributed by atoms with Crippen molar-refractivity contribution in [1.82, 2.24) is 15.0 Å². The molecular formula is C64H39N3OS. The molecule has 14 rings (SSSR count). The second-order valence-corrected chi connectivity index (χ2v) is 18.9. The fourth-order valence-corrected chi connectivity index (χ4v) is 12.1. The maximum Gasteiger partial charge on any atom is 0.164 e. The molecule has 0 amide bonds. The lowest BCUT2D eigenvalue weighted by molar-refractivity contribution is 0.669. The van der Waals surface area contributed by atoms with Gasteiger partial charge in [0.05, 0.1) is 5.41 Å². The van der Waals surface area contributed by atoms with Gasteiger partial charge in [-0.15, -0.1) is 11.3 Å². The largest absolute Gasteiger partial charge is 0.456 e. The van der Waals surface area contributed by atoms with E-state index in [9.17, 15) is 0 Å². The van der Waals surface area contributed by atoms with E-state index in [1.807, 2.05) is 18.2 Å². The number of hydrogen-bond donors (Lipinski definition) is 0. The summed E-state index contributed by atoms with van der Waals surface area (Å²) in [6.45, 7) is 0. The van der Waals surface area contributed by atoms with Gasteiger partial charge in [0.1, 0.15) is 11.2 Å². The van der Waals surface area contributed by atoms with Crippen LogP contribution >= 0.6 is 11.3 Å². The van der Waals surface area contributed by atoms with Crippen LogP contribution in [-0.2, 0) is 5.41 Å². The van der Waals surface area contributed by atoms with Crippen molar-refractivity contribution in [2.45, 2.75) is 5.41 Å². The fourth-order valence-electron chi connectivity index (χ4n) is 11.0. The van der Waals surface area contributed by atoms with Crippen LogP contribution in [0.2, 0.25) is 0 Å². The van der Waals surface area contributed by atoms with E-state index in [0.717, 1.165) is 55.3 Å². The molecule has 0 saturated heterocycles. The zero-order valence-electron chi connectivity index (χ0n) is 37.2. The predicted molar refractivity (Wildman–Crippen MR) is 284 cm³/mol. The molecule has 13 aromatic rings. The Balaban J connectivity index is 0.973. The van der Waals surface area contributed by atoms with Crippen LogP contribution in [0, 0.1) is 0 Å². The van der Waals surface area contributed by atoms with E-state index >= 15 is 0 Å². The van der Waals surface area contributed by atoms with Gasteiger partial charge < -0.3 is 4.42 Å². The Kier molecular flexibility index (Phi) is 8.95. The van der Waals surface area contributed by atoms with Gasteiger partial charge in [0.25, 0.3) is 0 Å². The zero-order valence-corrected chi connectivity index (χ0v) is 38.0. The number of rotatable bonds is 7. The average molecular weight is 898 g/mol. The maximum absolute atomic E-state index is 6.70. The van der Waals surface area contributed by atoms with Crippen LogP contribution < -0.4 is 0 Å². The van der Waals surface area contributed by atoms with Crippen molar-refractivity contribution < 1.29 is 4.42 Å². The monoisotopic (exact) mass is 897 g/mol. The van der Waals surface area contributed by atoms with Gasteiger partial charge in [0.15, 0.2) is 17.5 Å². The highest BCUT2D eigenvalue weighted by Gasteiger charge is 2.46. The molecule has 0 radical (unpaired) electrons. The van der Waals surface area contributed by atoms with E-state index in [0.29, 0.717) is 17.5 Å². The van der Waals surface area contributed by atoms with Crippen LogP contribution in [0.3, 0.4) is 0 Å². The van der Waals surface area contributed by atoms with Crippen LogP contribution in [0.5, 0.6) is 0 Å². The minimum atomic E-state index is -0.500. The second-order valence-electron chi connectivity index (χ2n) is 17.8. The van der Waals surface area contributed by atoms with E-state index in [1.165, 1.54) is 59.1 Å². The smallest absolute Gasteiger partial charge is 0.164 e. The molecule has 69 heavy (non-hydrogen) atoms. The molecular weight excluding hydrogens is 859 g/mol. The summed E-state index contributed by atoms with van der Waals surface area (Å²) in [6, 6.07) is 84.6. The van der Waals surface area contributed by atoms with Crippen molar-refractivity contribution in [3.63, 3.8) is 0 Å². The first-order chi connectivity index (χ1) is 34.2. The third-order valence-corrected chi connectivity index (χ3v) is 15.2. The van der Waals surface area contributed by atoms with Crippen molar-refractivity contribution in [3.05, 3.63) is 259 Å². The number of thiophene rings is 1. The second kappa shape index (κ2) is 15.7. The highest BCUT2D eigenvalue weighted by atomic mass is 32.1. The molecule has 3 aromatic heterocycles. The average Bonchev–Trinajstić information content (AvgIpc) is 4.09. The molecule has 0 saturated carbocycles. The maximum atomic E-state index is 6.70. The molecule has 0 atom stereocenters. The summed E-state index contributed by atoms with van der Waals surface area (Å²) >= 11 is 1.79. The summed E-state index contributed by atoms with van der Waals surface area (Å²) < 4.78 is 9.16. The van der Waals surface area contributed by atoms with E-state index in [2.05, 4.69) is 218 Å². The summed E-state index contributed by atoms with van der Waals surface area (Å²) in [4.78, 5) is 15.9. The van der Waals surface area contributed by atoms with Crippen LogP contribution in [0.15, 0.2) is 241 Å². The number of fused-ring (bicyclic) bond motifs is 9. The summed E-state index contributed by atoms with van der Waals surface area (Å²) in [7, 11) is 0. The molecule has 10 aromatic carbocycles. The summed E-state index contributed by atoms with van der Waals surface area (Å²) in [5, 5.41) is 4.45. The quantitative estimate of drug-likeness (QED) is 0.160. The predicted octanol–water partition coefficient (Wildman–Crippen LogP) is 16.8. The number of nitrogens with zero attached hydrogens (tertiary/aromatic N) is 3. The summed E-state index contributed by atoms with van der Waals surface area (Å²) in [5.74, 6) is 1.80. The molecule has 322 valence electrons. The standard InChI is InChI=1S/C64H39N3OS/c1-4-17-40(18-5-1)41-19-14-20-43(37-41)61-65-62(44-33-35-49-48-25-11-13-32-57(48)69-58(49)39-44)67-63(66-61)51-28-16-31-56-60(51)52-38-42(34-36-55(52)68-56)47-27-15-30-54-59(47)50-26-10-12-29-53(50)64(54,45-21-6-2-7-22-45)46-23-8-3-9-24-46/h1-39H. The molecule has 1 aliphatic carbocycles. The van der Waals surface area contributed by atoms with Gasteiger partial charge in [-0.1, -0.05) is 200 Å². The minimum absolute atomic E-state index is 0.500. The third-order valence-electron chi connectivity index (χ3n) is 14.0. The minimum Gasteiger partial charge on any atom is -0.456 e. The summed E-state index contributed by atoms with van der Waals surface area (Å²) in [6.07, 6.45) is 0. The van der Waals surface area contributed by atoms with Gasteiger partial charge in [0, 0.05) is 47.6 Å². The molecule has 0 fully saturated rings. The molecule has 1 aliphatic rings. The molecule has 5 heteroatoms. The lowest BCUT2D eigenvalue weighted by Crippen LogP contribution is -2.28. The lowest BCUT2D eigenvalue weighted by Gasteiger charge is -2.34. The summed E-state index contributed by atoms with van der Waals surface area (Å²) in [5.41, 5.74) is 15.8. The third kappa shape index (κ3) is 6.18. The van der Waals surface area contributed by atoms with E-state index in [4.69, 9.17) is 19.4 Å². The van der Waals surface area contributed by atoms with Gasteiger partial charge in [0.2, 0.25) is 0 Å². The fraction of sp³-hybridized carbons (Fsp3) is 0.0156. The topological polar surface area (TPSA) is 51.8 Å². The molecule has 0 bridgehead atoms. The number of furan rings is 1. The lowest BCUT2D eigenvalue weighted by atomic mass is 9.67. The van der Waals surface area contributed by atoms with Crippen molar-refractivity contribution in [2.75, 3.05) is 0 Å². The first-order valence-corrected chi connectivity index (χ1v) is 24.1. The first-order valence-electron chi connectivity index (χ1n) is 23.3. The van der Waals surface area contributed by atoms with Gasteiger partial charge in [-0.05, 0) is 92.0 Å². The van der Waals surface area contributed by atoms with Crippen LogP contribution in [0.1, 0.15) is 22.3 Å². The van der Waals surface area contributed by atoms with E-state index in [1.54, 1.807) is 11.3 Å². The van der Waals surface area contributed by atoms with Crippen molar-refractivity contribution in [2.24, 2.45) is 0 Å². The number of benzene rings is 10. The van der Waals surface area contributed by atoms with E-state index < -0.39 is 5.41 Å². The highest BCUT2D eigenvalue weighted by Crippen LogP contribution is 2.58. The van der Waals surface area contributed by atoms with Gasteiger partial charge in [-0.25, -0.2) is 15.0 Å². The Morgan fingerprint density at radius 2 is 0.913 bits per heavy atom.